The molecule has 2 heterocycles. The summed E-state index contributed by atoms with van der Waals surface area (Å²) in [7, 11) is -7.56. The molecule has 11 heteroatoms. The number of rotatable bonds is 4. The van der Waals surface area contributed by atoms with Gasteiger partial charge in [0.2, 0.25) is 15.9 Å². The van der Waals surface area contributed by atoms with Crippen LogP contribution in [0.25, 0.3) is 0 Å². The van der Waals surface area contributed by atoms with Gasteiger partial charge in [0, 0.05) is 11.8 Å². The highest BCUT2D eigenvalue weighted by Crippen LogP contribution is 2.29. The SMILES string of the molecule is Cc1csc(NS(=O)(=O)c2ccc(N3C(=O)CCS3(=O)=O)cc2C)n1. The maximum absolute atomic E-state index is 12.5. The summed E-state index contributed by atoms with van der Waals surface area (Å²) in [5.41, 5.74) is 1.17. The monoisotopic (exact) mass is 401 g/mol. The first-order valence-corrected chi connectivity index (χ1v) is 11.2. The highest BCUT2D eigenvalue weighted by Gasteiger charge is 2.36. The first kappa shape index (κ1) is 17.8. The van der Waals surface area contributed by atoms with Crippen molar-refractivity contribution in [2.24, 2.45) is 0 Å². The molecule has 134 valence electrons. The molecule has 3 rings (SSSR count). The molecular weight excluding hydrogens is 386 g/mol. The van der Waals surface area contributed by atoms with Crippen molar-refractivity contribution in [2.75, 3.05) is 14.8 Å². The summed E-state index contributed by atoms with van der Waals surface area (Å²) in [6.45, 7) is 3.29. The molecule has 0 aliphatic carbocycles. The molecule has 0 bridgehead atoms. The lowest BCUT2D eigenvalue weighted by Gasteiger charge is -2.17. The topological polar surface area (TPSA) is 114 Å². The third kappa shape index (κ3) is 3.39. The first-order valence-electron chi connectivity index (χ1n) is 7.21. The zero-order valence-corrected chi connectivity index (χ0v) is 15.8. The van der Waals surface area contributed by atoms with Crippen LogP contribution in [0.15, 0.2) is 28.5 Å². The zero-order valence-electron chi connectivity index (χ0n) is 13.4. The minimum Gasteiger partial charge on any atom is -0.273 e. The Morgan fingerprint density at radius 3 is 2.52 bits per heavy atom. The fourth-order valence-corrected chi connectivity index (χ4v) is 6.12. The van der Waals surface area contributed by atoms with Gasteiger partial charge in [0.1, 0.15) is 0 Å². The maximum Gasteiger partial charge on any atom is 0.263 e. The number of carbonyl (C=O) groups excluding carboxylic acids is 1. The molecule has 2 aromatic rings. The molecule has 8 nitrogen and oxygen atoms in total. The number of benzene rings is 1. The van der Waals surface area contributed by atoms with Crippen LogP contribution >= 0.6 is 11.3 Å². The maximum atomic E-state index is 12.5. The second-order valence-electron chi connectivity index (χ2n) is 5.57. The number of aromatic nitrogens is 1. The zero-order chi connectivity index (χ0) is 18.4. The van der Waals surface area contributed by atoms with Crippen LogP contribution in [0.3, 0.4) is 0 Å². The van der Waals surface area contributed by atoms with Gasteiger partial charge in [-0.3, -0.25) is 9.52 Å². The molecule has 1 aromatic heterocycles. The lowest BCUT2D eigenvalue weighted by molar-refractivity contribution is -0.116. The van der Waals surface area contributed by atoms with Gasteiger partial charge in [-0.05, 0) is 37.6 Å². The molecule has 0 saturated carbocycles. The Kier molecular flexibility index (Phi) is 4.33. The van der Waals surface area contributed by atoms with Gasteiger partial charge in [0.25, 0.3) is 10.0 Å². The Balaban J connectivity index is 1.96. The summed E-state index contributed by atoms with van der Waals surface area (Å²) >= 11 is 1.17. The van der Waals surface area contributed by atoms with Crippen LogP contribution in [0.1, 0.15) is 17.7 Å². The van der Waals surface area contributed by atoms with E-state index in [1.807, 2.05) is 0 Å². The predicted molar refractivity (Wildman–Crippen MR) is 94.7 cm³/mol. The number of carbonyl (C=O) groups is 1. The van der Waals surface area contributed by atoms with E-state index in [9.17, 15) is 21.6 Å². The molecule has 1 saturated heterocycles. The third-order valence-electron chi connectivity index (χ3n) is 3.60. The lowest BCUT2D eigenvalue weighted by atomic mass is 10.2. The Labute approximate surface area is 149 Å². The van der Waals surface area contributed by atoms with Gasteiger partial charge in [0.15, 0.2) is 5.13 Å². The fourth-order valence-electron chi connectivity index (χ4n) is 2.50. The summed E-state index contributed by atoms with van der Waals surface area (Å²) in [6, 6.07) is 3.98. The molecule has 1 amide bonds. The standard InChI is InChI=1S/C14H15N3O5S3/c1-9-7-11(17-13(18)5-6-24(17,19)20)3-4-12(9)25(21,22)16-14-15-10(2)8-23-14/h3-4,7-8H,5-6H2,1-2H3,(H,15,16). The Bertz CT molecular complexity index is 1060. The van der Waals surface area contributed by atoms with Crippen molar-refractivity contribution >= 4 is 48.1 Å². The van der Waals surface area contributed by atoms with Crippen molar-refractivity contribution in [3.05, 3.63) is 34.8 Å². The first-order chi connectivity index (χ1) is 11.6. The average molecular weight is 401 g/mol. The second-order valence-corrected chi connectivity index (χ2v) is 10.0. The third-order valence-corrected chi connectivity index (χ3v) is 7.80. The minimum atomic E-state index is -3.87. The number of sulfonamides is 2. The van der Waals surface area contributed by atoms with Crippen LogP contribution in [-0.2, 0) is 24.8 Å². The van der Waals surface area contributed by atoms with E-state index in [2.05, 4.69) is 9.71 Å². The number of nitrogens with zero attached hydrogens (tertiary/aromatic N) is 2. The van der Waals surface area contributed by atoms with Crippen LogP contribution in [0.2, 0.25) is 0 Å². The fraction of sp³-hybridized carbons (Fsp3) is 0.286. The van der Waals surface area contributed by atoms with E-state index in [0.29, 0.717) is 11.3 Å². The van der Waals surface area contributed by atoms with Gasteiger partial charge in [0.05, 0.1) is 22.0 Å². The summed E-state index contributed by atoms with van der Waals surface area (Å²) in [5.74, 6) is -0.762. The van der Waals surface area contributed by atoms with Gasteiger partial charge < -0.3 is 0 Å². The van der Waals surface area contributed by atoms with E-state index in [-0.39, 0.29) is 27.9 Å². The van der Waals surface area contributed by atoms with E-state index >= 15 is 0 Å². The number of hydrogen-bond acceptors (Lipinski definition) is 7. The summed E-state index contributed by atoms with van der Waals surface area (Å²) < 4.78 is 52.1. The normalized spacial score (nSPS) is 17.0. The molecule has 0 unspecified atom stereocenters. The van der Waals surface area contributed by atoms with Gasteiger partial charge >= 0.3 is 0 Å². The molecule has 1 aliphatic rings. The predicted octanol–water partition coefficient (Wildman–Crippen LogP) is 1.63. The second kappa shape index (κ2) is 6.07. The van der Waals surface area contributed by atoms with Crippen molar-refractivity contribution in [3.8, 4) is 0 Å². The Morgan fingerprint density at radius 1 is 1.28 bits per heavy atom. The van der Waals surface area contributed by atoms with Crippen LogP contribution in [0, 0.1) is 13.8 Å². The van der Waals surface area contributed by atoms with Crippen molar-refractivity contribution in [1.29, 1.82) is 0 Å². The van der Waals surface area contributed by atoms with Gasteiger partial charge in [-0.1, -0.05) is 0 Å². The molecular formula is C14H15N3O5S3. The molecule has 0 atom stereocenters. The largest absolute Gasteiger partial charge is 0.273 e. The smallest absolute Gasteiger partial charge is 0.263 e. The summed E-state index contributed by atoms with van der Waals surface area (Å²) in [6.07, 6.45) is -0.0770. The molecule has 1 fully saturated rings. The van der Waals surface area contributed by atoms with E-state index in [4.69, 9.17) is 0 Å². The minimum absolute atomic E-state index is 0.00635. The lowest BCUT2D eigenvalue weighted by Crippen LogP contribution is -2.29. The number of aryl methyl sites for hydroxylation is 2. The van der Waals surface area contributed by atoms with Gasteiger partial charge in [-0.15, -0.1) is 11.3 Å². The number of amides is 1. The summed E-state index contributed by atoms with van der Waals surface area (Å²) in [4.78, 5) is 15.9. The average Bonchev–Trinajstić information content (AvgIpc) is 3.00. The number of hydrogen-bond donors (Lipinski definition) is 1. The Morgan fingerprint density at radius 2 is 2.00 bits per heavy atom. The van der Waals surface area contributed by atoms with Gasteiger partial charge in [-0.2, -0.15) is 0 Å². The number of nitrogens with one attached hydrogen (secondary N) is 1. The molecule has 0 spiro atoms. The molecule has 1 aliphatic heterocycles. The molecule has 25 heavy (non-hydrogen) atoms. The van der Waals surface area contributed by atoms with Crippen molar-refractivity contribution in [1.82, 2.24) is 4.98 Å². The van der Waals surface area contributed by atoms with E-state index in [1.165, 1.54) is 29.5 Å². The van der Waals surface area contributed by atoms with E-state index in [1.54, 1.807) is 19.2 Å². The van der Waals surface area contributed by atoms with E-state index < -0.39 is 26.0 Å². The van der Waals surface area contributed by atoms with Crippen molar-refractivity contribution in [2.45, 2.75) is 25.2 Å². The number of anilines is 2. The molecule has 1 N–H and O–H groups in total. The van der Waals surface area contributed by atoms with Gasteiger partial charge in [-0.25, -0.2) is 26.1 Å². The number of thiazole rings is 1. The highest BCUT2D eigenvalue weighted by atomic mass is 32.2. The van der Waals surface area contributed by atoms with Crippen LogP contribution < -0.4 is 9.03 Å². The van der Waals surface area contributed by atoms with Crippen molar-refractivity contribution in [3.63, 3.8) is 0 Å². The van der Waals surface area contributed by atoms with Crippen LogP contribution in [-0.4, -0.2) is 33.5 Å². The molecule has 1 aromatic carbocycles. The molecule has 0 radical (unpaired) electrons. The van der Waals surface area contributed by atoms with E-state index in [0.717, 1.165) is 4.31 Å². The highest BCUT2D eigenvalue weighted by molar-refractivity contribution is 7.94. The Hall–Kier alpha value is -1.98. The quantitative estimate of drug-likeness (QED) is 0.833. The van der Waals surface area contributed by atoms with Crippen LogP contribution in [0.4, 0.5) is 10.8 Å². The van der Waals surface area contributed by atoms with Crippen molar-refractivity contribution < 1.29 is 21.6 Å². The van der Waals surface area contributed by atoms with Crippen LogP contribution in [0.5, 0.6) is 0 Å². The summed E-state index contributed by atoms with van der Waals surface area (Å²) in [5, 5.41) is 1.97.